The van der Waals surface area contributed by atoms with E-state index < -0.39 is 0 Å². The number of nitrogens with two attached hydrogens (primary N) is 1. The maximum absolute atomic E-state index is 9.71. The van der Waals surface area contributed by atoms with Crippen molar-refractivity contribution in [3.8, 4) is 0 Å². The molecule has 2 atom stereocenters. The molecule has 3 heterocycles. The van der Waals surface area contributed by atoms with Crippen LogP contribution in [0.4, 0.5) is 11.5 Å². The fraction of sp³-hybridized carbons (Fsp3) is 0.520. The number of aromatic nitrogens is 1. The van der Waals surface area contributed by atoms with Gasteiger partial charge in [-0.3, -0.25) is 10.3 Å². The normalized spacial score (nSPS) is 24.8. The van der Waals surface area contributed by atoms with Gasteiger partial charge in [0.15, 0.2) is 0 Å². The average Bonchev–Trinajstić information content (AvgIpc) is 2.91. The van der Waals surface area contributed by atoms with Crippen LogP contribution in [0.2, 0.25) is 0 Å². The number of nitrogens with one attached hydrogen (secondary N) is 3. The molecular formula is C25H40N8O. The number of hydrogen-bond acceptors (Lipinski definition) is 9. The lowest BCUT2D eigenvalue weighted by Crippen LogP contribution is -2.41. The number of anilines is 2. The molecule has 0 aromatic carbocycles. The highest BCUT2D eigenvalue weighted by atomic mass is 16.3. The van der Waals surface area contributed by atoms with E-state index in [4.69, 9.17) is 5.73 Å². The molecule has 1 unspecified atom stereocenters. The topological polar surface area (TPSA) is 114 Å². The summed E-state index contributed by atoms with van der Waals surface area (Å²) in [7, 11) is 2.04. The van der Waals surface area contributed by atoms with Crippen LogP contribution in [-0.4, -0.2) is 73.2 Å². The van der Waals surface area contributed by atoms with Gasteiger partial charge in [-0.15, -0.1) is 0 Å². The van der Waals surface area contributed by atoms with Crippen LogP contribution in [0.1, 0.15) is 26.7 Å². The van der Waals surface area contributed by atoms with Crippen molar-refractivity contribution in [2.75, 3.05) is 50.2 Å². The maximum atomic E-state index is 9.71. The van der Waals surface area contributed by atoms with Crippen LogP contribution in [-0.2, 0) is 0 Å². The number of allylic oxidation sites excluding steroid dienone is 2. The summed E-state index contributed by atoms with van der Waals surface area (Å²) in [4.78, 5) is 13.1. The van der Waals surface area contributed by atoms with Gasteiger partial charge in [0.2, 0.25) is 0 Å². The fourth-order valence-corrected chi connectivity index (χ4v) is 4.34. The maximum Gasteiger partial charge on any atom is 0.127 e. The van der Waals surface area contributed by atoms with Crippen LogP contribution in [0, 0.1) is 5.92 Å². The van der Waals surface area contributed by atoms with E-state index in [0.29, 0.717) is 30.8 Å². The molecule has 9 nitrogen and oxygen atoms in total. The molecule has 0 aliphatic carbocycles. The van der Waals surface area contributed by atoms with Crippen LogP contribution < -0.4 is 26.6 Å². The third-order valence-electron chi connectivity index (χ3n) is 6.56. The Morgan fingerprint density at radius 2 is 2.06 bits per heavy atom. The molecule has 0 bridgehead atoms. The van der Waals surface area contributed by atoms with Gasteiger partial charge in [0.1, 0.15) is 11.6 Å². The van der Waals surface area contributed by atoms with Gasteiger partial charge in [0.05, 0.1) is 36.9 Å². The summed E-state index contributed by atoms with van der Waals surface area (Å²) in [6.45, 7) is 11.2. The molecular weight excluding hydrogens is 428 g/mol. The number of pyridine rings is 1. The van der Waals surface area contributed by atoms with E-state index in [9.17, 15) is 5.11 Å². The highest BCUT2D eigenvalue weighted by molar-refractivity contribution is 5.78. The molecule has 186 valence electrons. The summed E-state index contributed by atoms with van der Waals surface area (Å²) in [5, 5.41) is 19.8. The SMILES string of the molecule is C=C1/C=N\C=C/C(C)/C(CNCNc2ccc(N3CCC(NC)CC3)cn2)=C(/N)N1[C@H](C)CO. The molecule has 6 N–H and O–H groups in total. The molecule has 34 heavy (non-hydrogen) atoms. The number of rotatable bonds is 9. The predicted molar refractivity (Wildman–Crippen MR) is 141 cm³/mol. The molecule has 2 aliphatic heterocycles. The van der Waals surface area contributed by atoms with E-state index >= 15 is 0 Å². The van der Waals surface area contributed by atoms with Crippen molar-refractivity contribution in [1.29, 1.82) is 0 Å². The van der Waals surface area contributed by atoms with Crippen LogP contribution in [0.15, 0.2) is 59.3 Å². The predicted octanol–water partition coefficient (Wildman–Crippen LogP) is 1.83. The number of aliphatic hydroxyl groups is 1. The van der Waals surface area contributed by atoms with E-state index in [1.807, 2.05) is 37.2 Å². The Morgan fingerprint density at radius 3 is 2.71 bits per heavy atom. The third kappa shape index (κ3) is 6.59. The van der Waals surface area contributed by atoms with Crippen LogP contribution in [0.3, 0.4) is 0 Å². The molecule has 1 aromatic heterocycles. The molecule has 1 saturated heterocycles. The Hall–Kier alpha value is -2.88. The first-order valence-electron chi connectivity index (χ1n) is 12.0. The van der Waals surface area contributed by atoms with Gasteiger partial charge in [-0.25, -0.2) is 4.98 Å². The summed E-state index contributed by atoms with van der Waals surface area (Å²) < 4.78 is 0. The van der Waals surface area contributed by atoms with E-state index in [2.05, 4.69) is 50.4 Å². The van der Waals surface area contributed by atoms with E-state index in [1.165, 1.54) is 0 Å². The van der Waals surface area contributed by atoms with Gasteiger partial charge >= 0.3 is 0 Å². The monoisotopic (exact) mass is 468 g/mol. The Bertz CT molecular complexity index is 887. The minimum absolute atomic E-state index is 0.0349. The largest absolute Gasteiger partial charge is 0.394 e. The van der Waals surface area contributed by atoms with E-state index in [1.54, 1.807) is 12.4 Å². The number of aliphatic imine (C=N–C) groups is 1. The van der Waals surface area contributed by atoms with Gasteiger partial charge in [0, 0.05) is 44.0 Å². The van der Waals surface area contributed by atoms with Gasteiger partial charge in [-0.2, -0.15) is 0 Å². The fourth-order valence-electron chi connectivity index (χ4n) is 4.34. The summed E-state index contributed by atoms with van der Waals surface area (Å²) in [5.74, 6) is 1.49. The summed E-state index contributed by atoms with van der Waals surface area (Å²) in [6.07, 6.45) is 9.68. The molecule has 9 heteroatoms. The Labute approximate surface area is 203 Å². The van der Waals surface area contributed by atoms with Crippen molar-refractivity contribution in [3.63, 3.8) is 0 Å². The van der Waals surface area contributed by atoms with Crippen molar-refractivity contribution in [1.82, 2.24) is 20.5 Å². The first kappa shape index (κ1) is 25.7. The minimum atomic E-state index is -0.205. The van der Waals surface area contributed by atoms with Crippen molar-refractivity contribution >= 4 is 17.7 Å². The quantitative estimate of drug-likeness (QED) is 0.276. The van der Waals surface area contributed by atoms with Crippen LogP contribution in [0.25, 0.3) is 0 Å². The van der Waals surface area contributed by atoms with Crippen LogP contribution >= 0.6 is 0 Å². The molecule has 3 rings (SSSR count). The Morgan fingerprint density at radius 1 is 1.29 bits per heavy atom. The second-order valence-corrected chi connectivity index (χ2v) is 8.94. The lowest BCUT2D eigenvalue weighted by molar-refractivity contribution is 0.193. The third-order valence-corrected chi connectivity index (χ3v) is 6.56. The van der Waals surface area contributed by atoms with Crippen molar-refractivity contribution in [3.05, 3.63) is 54.3 Å². The van der Waals surface area contributed by atoms with E-state index in [0.717, 1.165) is 43.0 Å². The second-order valence-electron chi connectivity index (χ2n) is 8.94. The van der Waals surface area contributed by atoms with E-state index in [-0.39, 0.29) is 18.6 Å². The number of hydrogen-bond donors (Lipinski definition) is 5. The zero-order chi connectivity index (χ0) is 24.5. The number of aliphatic hydroxyl groups excluding tert-OH is 1. The Balaban J connectivity index is 1.57. The standard InChI is InChI=1S/C25H40N8O/c1-18-7-10-28-13-19(2)33(20(3)16-34)25(26)23(18)15-29-17-31-24-6-5-22(14-30-24)32-11-8-21(27-4)9-12-32/h5-7,10,13-14,18,20-21,27,29,34H,2,8-9,11-12,15-17,26H2,1,3-4H3,(H,30,31)/b10-7-,25-23-,28-13-/t18?,20-/m1/s1. The summed E-state index contributed by atoms with van der Waals surface area (Å²) >= 11 is 0. The summed E-state index contributed by atoms with van der Waals surface area (Å²) in [6, 6.07) is 4.56. The zero-order valence-electron chi connectivity index (χ0n) is 20.7. The molecule has 1 fully saturated rings. The second kappa shape index (κ2) is 12.5. The first-order chi connectivity index (χ1) is 16.4. The molecule has 2 aliphatic rings. The van der Waals surface area contributed by atoms with Gasteiger partial charge in [-0.1, -0.05) is 19.6 Å². The highest BCUT2D eigenvalue weighted by Crippen LogP contribution is 2.23. The Kier molecular flexibility index (Phi) is 9.50. The minimum Gasteiger partial charge on any atom is -0.394 e. The number of piperidine rings is 1. The zero-order valence-corrected chi connectivity index (χ0v) is 20.7. The highest BCUT2D eigenvalue weighted by Gasteiger charge is 2.22. The van der Waals surface area contributed by atoms with Crippen molar-refractivity contribution in [2.45, 2.75) is 38.8 Å². The molecule has 0 spiro atoms. The van der Waals surface area contributed by atoms with Gasteiger partial charge in [0.25, 0.3) is 0 Å². The lowest BCUT2D eigenvalue weighted by Gasteiger charge is -2.33. The molecule has 0 amide bonds. The molecule has 0 radical (unpaired) electrons. The van der Waals surface area contributed by atoms with Crippen molar-refractivity contribution < 1.29 is 5.11 Å². The van der Waals surface area contributed by atoms with Gasteiger partial charge in [-0.05, 0) is 44.5 Å². The smallest absolute Gasteiger partial charge is 0.127 e. The lowest BCUT2D eigenvalue weighted by atomic mass is 10.00. The summed E-state index contributed by atoms with van der Waals surface area (Å²) in [5.41, 5.74) is 9.40. The molecule has 0 saturated carbocycles. The average molecular weight is 469 g/mol. The molecule has 1 aromatic rings. The van der Waals surface area contributed by atoms with Crippen LogP contribution in [0.5, 0.6) is 0 Å². The number of nitrogens with zero attached hydrogens (tertiary/aromatic N) is 4. The van der Waals surface area contributed by atoms with Gasteiger partial charge < -0.3 is 31.3 Å². The first-order valence-corrected chi connectivity index (χ1v) is 12.0. The van der Waals surface area contributed by atoms with Crippen molar-refractivity contribution in [2.24, 2.45) is 16.6 Å².